The maximum atomic E-state index is 9.43. The first-order chi connectivity index (χ1) is 8.92. The Morgan fingerprint density at radius 1 is 1.32 bits per heavy atom. The highest BCUT2D eigenvalue weighted by atomic mass is 15.2. The number of nitrogens with one attached hydrogen (secondary N) is 1. The summed E-state index contributed by atoms with van der Waals surface area (Å²) in [6.45, 7) is 6.90. The Hall–Kier alpha value is -1.53. The highest BCUT2D eigenvalue weighted by molar-refractivity contribution is 5.51. The van der Waals surface area contributed by atoms with E-state index < -0.39 is 5.54 Å². The van der Waals surface area contributed by atoms with Gasteiger partial charge in [0, 0.05) is 25.3 Å². The van der Waals surface area contributed by atoms with Crippen molar-refractivity contribution >= 4 is 5.69 Å². The van der Waals surface area contributed by atoms with Crippen LogP contribution in [0, 0.1) is 25.2 Å². The lowest BCUT2D eigenvalue weighted by molar-refractivity contribution is 0.446. The van der Waals surface area contributed by atoms with Crippen LogP contribution in [0.3, 0.4) is 0 Å². The highest BCUT2D eigenvalue weighted by Gasteiger charge is 2.33. The van der Waals surface area contributed by atoms with E-state index in [-0.39, 0.29) is 0 Å². The van der Waals surface area contributed by atoms with Crippen molar-refractivity contribution in [1.82, 2.24) is 5.32 Å². The Bertz CT molecular complexity index is 479. The van der Waals surface area contributed by atoms with Gasteiger partial charge < -0.3 is 4.90 Å². The molecule has 0 spiro atoms. The summed E-state index contributed by atoms with van der Waals surface area (Å²) in [5.41, 5.74) is 3.22. The van der Waals surface area contributed by atoms with Crippen molar-refractivity contribution in [1.29, 1.82) is 5.26 Å². The van der Waals surface area contributed by atoms with Crippen LogP contribution < -0.4 is 10.2 Å². The van der Waals surface area contributed by atoms with Gasteiger partial charge in [-0.1, -0.05) is 6.07 Å². The quantitative estimate of drug-likeness (QED) is 0.881. The number of likely N-dealkylation sites (N-methyl/N-ethyl adjacent to an activating group) is 1. The predicted molar refractivity (Wildman–Crippen MR) is 79.4 cm³/mol. The molecule has 1 atom stereocenters. The first-order valence-electron chi connectivity index (χ1n) is 6.90. The molecule has 102 valence electrons. The van der Waals surface area contributed by atoms with E-state index in [1.807, 2.05) is 6.92 Å². The number of nitriles is 1. The van der Waals surface area contributed by atoms with Crippen molar-refractivity contribution in [2.75, 3.05) is 18.5 Å². The van der Waals surface area contributed by atoms with Gasteiger partial charge in [0.05, 0.1) is 6.07 Å². The molecule has 0 bridgehead atoms. The number of benzene rings is 1. The predicted octanol–water partition coefficient (Wildman–Crippen LogP) is 2.77. The minimum atomic E-state index is -0.479. The zero-order valence-corrected chi connectivity index (χ0v) is 12.3. The topological polar surface area (TPSA) is 39.1 Å². The van der Waals surface area contributed by atoms with Gasteiger partial charge in [-0.3, -0.25) is 5.32 Å². The van der Waals surface area contributed by atoms with Crippen LogP contribution in [0.5, 0.6) is 0 Å². The van der Waals surface area contributed by atoms with E-state index in [0.29, 0.717) is 12.6 Å². The second-order valence-corrected chi connectivity index (χ2v) is 6.06. The molecular formula is C16H23N3. The Kier molecular flexibility index (Phi) is 3.82. The zero-order chi connectivity index (χ0) is 14.0. The average molecular weight is 257 g/mol. The lowest BCUT2D eigenvalue weighted by atomic mass is 10.0. The molecule has 1 fully saturated rings. The SMILES string of the molecule is Cc1cc(C)cc(N(C)CC(C)(C#N)NC2CC2)c1. The summed E-state index contributed by atoms with van der Waals surface area (Å²) in [4.78, 5) is 2.17. The van der Waals surface area contributed by atoms with Crippen LogP contribution in [-0.4, -0.2) is 25.2 Å². The van der Waals surface area contributed by atoms with Gasteiger partial charge in [-0.15, -0.1) is 0 Å². The molecule has 1 N–H and O–H groups in total. The fraction of sp³-hybridized carbons (Fsp3) is 0.562. The molecule has 1 aromatic carbocycles. The normalized spacial score (nSPS) is 17.6. The maximum absolute atomic E-state index is 9.43. The van der Waals surface area contributed by atoms with E-state index in [1.165, 1.54) is 29.7 Å². The van der Waals surface area contributed by atoms with Crippen molar-refractivity contribution in [3.8, 4) is 6.07 Å². The number of hydrogen-bond acceptors (Lipinski definition) is 3. The summed E-state index contributed by atoms with van der Waals surface area (Å²) >= 11 is 0. The standard InChI is InChI=1S/C16H23N3/c1-12-7-13(2)9-15(8-12)19(4)11-16(3,10-17)18-14-5-6-14/h7-9,14,18H,5-6,11H2,1-4H3. The summed E-state index contributed by atoms with van der Waals surface area (Å²) in [6, 6.07) is 9.47. The maximum Gasteiger partial charge on any atom is 0.121 e. The third kappa shape index (κ3) is 3.71. The molecule has 1 aliphatic carbocycles. The van der Waals surface area contributed by atoms with E-state index in [4.69, 9.17) is 0 Å². The molecule has 0 heterocycles. The molecule has 3 heteroatoms. The highest BCUT2D eigenvalue weighted by Crippen LogP contribution is 2.24. The summed E-state index contributed by atoms with van der Waals surface area (Å²) in [6.07, 6.45) is 2.40. The molecule has 0 amide bonds. The van der Waals surface area contributed by atoms with Crippen LogP contribution in [0.1, 0.15) is 30.9 Å². The van der Waals surface area contributed by atoms with Gasteiger partial charge >= 0.3 is 0 Å². The summed E-state index contributed by atoms with van der Waals surface area (Å²) < 4.78 is 0. The lowest BCUT2D eigenvalue weighted by Gasteiger charge is -2.30. The number of hydrogen-bond donors (Lipinski definition) is 1. The van der Waals surface area contributed by atoms with Gasteiger partial charge in [-0.25, -0.2) is 0 Å². The smallest absolute Gasteiger partial charge is 0.121 e. The Morgan fingerprint density at radius 3 is 2.37 bits per heavy atom. The number of aryl methyl sites for hydroxylation is 2. The molecular weight excluding hydrogens is 234 g/mol. The molecule has 19 heavy (non-hydrogen) atoms. The largest absolute Gasteiger partial charge is 0.372 e. The third-order valence-corrected chi connectivity index (χ3v) is 3.55. The Balaban J connectivity index is 2.10. The molecule has 3 nitrogen and oxygen atoms in total. The van der Waals surface area contributed by atoms with E-state index in [2.05, 4.69) is 55.4 Å². The van der Waals surface area contributed by atoms with Crippen molar-refractivity contribution < 1.29 is 0 Å². The van der Waals surface area contributed by atoms with Crippen molar-refractivity contribution in [2.45, 2.75) is 45.2 Å². The van der Waals surface area contributed by atoms with Gasteiger partial charge in [0.2, 0.25) is 0 Å². The van der Waals surface area contributed by atoms with Gasteiger partial charge in [-0.2, -0.15) is 5.26 Å². The fourth-order valence-electron chi connectivity index (χ4n) is 2.53. The molecule has 0 radical (unpaired) electrons. The molecule has 0 aromatic heterocycles. The minimum absolute atomic E-state index is 0.479. The monoisotopic (exact) mass is 257 g/mol. The van der Waals surface area contributed by atoms with E-state index in [0.717, 1.165) is 0 Å². The Morgan fingerprint density at radius 2 is 1.89 bits per heavy atom. The molecule has 2 rings (SSSR count). The summed E-state index contributed by atoms with van der Waals surface area (Å²) in [5, 5.41) is 12.9. The van der Waals surface area contributed by atoms with Gasteiger partial charge in [0.25, 0.3) is 0 Å². The summed E-state index contributed by atoms with van der Waals surface area (Å²) in [7, 11) is 2.05. The molecule has 1 aromatic rings. The van der Waals surface area contributed by atoms with E-state index >= 15 is 0 Å². The van der Waals surface area contributed by atoms with Crippen LogP contribution in [0.4, 0.5) is 5.69 Å². The van der Waals surface area contributed by atoms with Crippen LogP contribution in [0.2, 0.25) is 0 Å². The number of nitrogens with zero attached hydrogens (tertiary/aromatic N) is 2. The van der Waals surface area contributed by atoms with Crippen LogP contribution in [0.15, 0.2) is 18.2 Å². The first kappa shape index (κ1) is 13.9. The molecule has 1 unspecified atom stereocenters. The number of anilines is 1. The Labute approximate surface area is 116 Å². The van der Waals surface area contributed by atoms with E-state index in [9.17, 15) is 5.26 Å². The second kappa shape index (κ2) is 5.22. The van der Waals surface area contributed by atoms with E-state index in [1.54, 1.807) is 0 Å². The van der Waals surface area contributed by atoms with Crippen molar-refractivity contribution in [2.24, 2.45) is 0 Å². The fourth-order valence-corrected chi connectivity index (χ4v) is 2.53. The number of rotatable bonds is 5. The van der Waals surface area contributed by atoms with Gasteiger partial charge in [0.15, 0.2) is 0 Å². The minimum Gasteiger partial charge on any atom is -0.372 e. The molecule has 0 aliphatic heterocycles. The van der Waals surface area contributed by atoms with Crippen LogP contribution >= 0.6 is 0 Å². The molecule has 1 aliphatic rings. The van der Waals surface area contributed by atoms with Gasteiger partial charge in [0.1, 0.15) is 5.54 Å². The van der Waals surface area contributed by atoms with Gasteiger partial charge in [-0.05, 0) is 56.9 Å². The third-order valence-electron chi connectivity index (χ3n) is 3.55. The van der Waals surface area contributed by atoms with Crippen LogP contribution in [-0.2, 0) is 0 Å². The molecule has 1 saturated carbocycles. The first-order valence-corrected chi connectivity index (χ1v) is 6.90. The average Bonchev–Trinajstić information content (AvgIpc) is 3.11. The summed E-state index contributed by atoms with van der Waals surface area (Å²) in [5.74, 6) is 0. The van der Waals surface area contributed by atoms with Crippen LogP contribution in [0.25, 0.3) is 0 Å². The zero-order valence-electron chi connectivity index (χ0n) is 12.3. The lowest BCUT2D eigenvalue weighted by Crippen LogP contribution is -2.50. The van der Waals surface area contributed by atoms with Crippen molar-refractivity contribution in [3.05, 3.63) is 29.3 Å². The molecule has 0 saturated heterocycles. The second-order valence-electron chi connectivity index (χ2n) is 6.06. The van der Waals surface area contributed by atoms with Crippen molar-refractivity contribution in [3.63, 3.8) is 0 Å².